The lowest BCUT2D eigenvalue weighted by Gasteiger charge is -2.33. The Bertz CT molecular complexity index is 1400. The van der Waals surface area contributed by atoms with Crippen molar-refractivity contribution in [1.29, 1.82) is 0 Å². The SMILES string of the molecule is CNC(=O)COc1ccc(-c2nc3c(NC4CCN(CCc5ccc(OC)cc5)CC4)c(Cl)cnc3[nH]2)cc1. The maximum Gasteiger partial charge on any atom is 0.257 e. The van der Waals surface area contributed by atoms with Crippen molar-refractivity contribution in [3.8, 4) is 22.9 Å². The van der Waals surface area contributed by atoms with E-state index >= 15 is 0 Å². The summed E-state index contributed by atoms with van der Waals surface area (Å²) >= 11 is 6.59. The Hall–Kier alpha value is -3.82. The van der Waals surface area contributed by atoms with Crippen LogP contribution in [0.1, 0.15) is 18.4 Å². The minimum absolute atomic E-state index is 0.0282. The summed E-state index contributed by atoms with van der Waals surface area (Å²) in [6.45, 7) is 3.07. The van der Waals surface area contributed by atoms with Crippen molar-refractivity contribution in [3.05, 3.63) is 65.3 Å². The molecule has 2 aromatic carbocycles. The summed E-state index contributed by atoms with van der Waals surface area (Å²) in [6, 6.07) is 16.0. The lowest BCUT2D eigenvalue weighted by molar-refractivity contribution is -0.122. The zero-order chi connectivity index (χ0) is 27.2. The Kier molecular flexibility index (Phi) is 8.48. The number of likely N-dealkylation sites (N-methyl/N-ethyl adjacent to an activating group) is 1. The fraction of sp³-hybridized carbons (Fsp3) is 0.345. The first-order valence-corrected chi connectivity index (χ1v) is 13.5. The van der Waals surface area contributed by atoms with Crippen molar-refractivity contribution in [3.63, 3.8) is 0 Å². The molecule has 3 N–H and O–H groups in total. The molecule has 2 aromatic heterocycles. The molecule has 5 rings (SSSR count). The Morgan fingerprint density at radius 1 is 1.10 bits per heavy atom. The average Bonchev–Trinajstić information content (AvgIpc) is 3.42. The number of likely N-dealkylation sites (tertiary alicyclic amines) is 1. The number of piperidine rings is 1. The van der Waals surface area contributed by atoms with Gasteiger partial charge in [0.1, 0.15) is 22.8 Å². The fourth-order valence-electron chi connectivity index (χ4n) is 4.72. The second kappa shape index (κ2) is 12.4. The topological polar surface area (TPSA) is 104 Å². The molecule has 1 aliphatic heterocycles. The number of H-pyrrole nitrogens is 1. The molecule has 39 heavy (non-hydrogen) atoms. The number of pyridine rings is 1. The van der Waals surface area contributed by atoms with Crippen LogP contribution in [0.3, 0.4) is 0 Å². The normalized spacial score (nSPS) is 14.3. The number of halogens is 1. The smallest absolute Gasteiger partial charge is 0.257 e. The molecule has 1 fully saturated rings. The van der Waals surface area contributed by atoms with Gasteiger partial charge in [0.2, 0.25) is 0 Å². The van der Waals surface area contributed by atoms with Crippen molar-refractivity contribution in [1.82, 2.24) is 25.2 Å². The Balaban J connectivity index is 1.20. The van der Waals surface area contributed by atoms with Gasteiger partial charge in [0.05, 0.1) is 24.0 Å². The summed E-state index contributed by atoms with van der Waals surface area (Å²) in [4.78, 5) is 26.5. The molecule has 4 aromatic rings. The first-order valence-electron chi connectivity index (χ1n) is 13.1. The van der Waals surface area contributed by atoms with Crippen LogP contribution >= 0.6 is 11.6 Å². The van der Waals surface area contributed by atoms with Gasteiger partial charge in [-0.1, -0.05) is 23.7 Å². The van der Waals surface area contributed by atoms with E-state index in [-0.39, 0.29) is 12.5 Å². The highest BCUT2D eigenvalue weighted by Gasteiger charge is 2.22. The maximum absolute atomic E-state index is 11.4. The Morgan fingerprint density at radius 3 is 2.51 bits per heavy atom. The molecule has 204 valence electrons. The number of nitrogens with one attached hydrogen (secondary N) is 3. The van der Waals surface area contributed by atoms with Gasteiger partial charge in [0, 0.05) is 38.3 Å². The van der Waals surface area contributed by atoms with Crippen LogP contribution in [0.5, 0.6) is 11.5 Å². The van der Waals surface area contributed by atoms with Crippen LogP contribution in [0.15, 0.2) is 54.7 Å². The second-order valence-corrected chi connectivity index (χ2v) is 10.0. The first kappa shape index (κ1) is 26.8. The summed E-state index contributed by atoms with van der Waals surface area (Å²) in [5.41, 5.74) is 4.41. The number of nitrogens with zero attached hydrogens (tertiary/aromatic N) is 3. The monoisotopic (exact) mass is 548 g/mol. The molecule has 0 atom stereocenters. The van der Waals surface area contributed by atoms with Crippen LogP contribution < -0.4 is 20.1 Å². The van der Waals surface area contributed by atoms with Gasteiger partial charge in [-0.25, -0.2) is 9.97 Å². The van der Waals surface area contributed by atoms with Gasteiger partial charge in [0.25, 0.3) is 5.91 Å². The number of aromatic nitrogens is 3. The largest absolute Gasteiger partial charge is 0.497 e. The van der Waals surface area contributed by atoms with E-state index in [9.17, 15) is 4.79 Å². The average molecular weight is 549 g/mol. The molecular weight excluding hydrogens is 516 g/mol. The fourth-order valence-corrected chi connectivity index (χ4v) is 4.91. The van der Waals surface area contributed by atoms with E-state index in [2.05, 4.69) is 37.6 Å². The lowest BCUT2D eigenvalue weighted by Crippen LogP contribution is -2.40. The van der Waals surface area contributed by atoms with Crippen molar-refractivity contribution in [2.45, 2.75) is 25.3 Å². The third kappa shape index (κ3) is 6.61. The summed E-state index contributed by atoms with van der Waals surface area (Å²) in [5, 5.41) is 6.74. The summed E-state index contributed by atoms with van der Waals surface area (Å²) < 4.78 is 10.7. The second-order valence-electron chi connectivity index (χ2n) is 9.61. The highest BCUT2D eigenvalue weighted by atomic mass is 35.5. The Labute approximate surface area is 232 Å². The minimum atomic E-state index is -0.182. The first-order chi connectivity index (χ1) is 19.0. The lowest BCUT2D eigenvalue weighted by atomic mass is 10.0. The van der Waals surface area contributed by atoms with Crippen LogP contribution in [-0.4, -0.2) is 72.2 Å². The van der Waals surface area contributed by atoms with Crippen LogP contribution in [0.4, 0.5) is 5.69 Å². The number of benzene rings is 2. The molecular formula is C29H33ClN6O3. The van der Waals surface area contributed by atoms with Crippen LogP contribution in [0.25, 0.3) is 22.6 Å². The molecule has 0 spiro atoms. The highest BCUT2D eigenvalue weighted by Crippen LogP contribution is 2.32. The van der Waals surface area contributed by atoms with E-state index < -0.39 is 0 Å². The number of aromatic amines is 1. The van der Waals surface area contributed by atoms with Crippen LogP contribution in [0, 0.1) is 0 Å². The van der Waals surface area contributed by atoms with E-state index in [4.69, 9.17) is 26.1 Å². The van der Waals surface area contributed by atoms with Crippen LogP contribution in [-0.2, 0) is 11.2 Å². The number of fused-ring (bicyclic) bond motifs is 1. The number of carbonyl (C=O) groups excluding carboxylic acids is 1. The zero-order valence-corrected chi connectivity index (χ0v) is 22.9. The van der Waals surface area contributed by atoms with Gasteiger partial charge in [-0.2, -0.15) is 0 Å². The zero-order valence-electron chi connectivity index (χ0n) is 22.2. The maximum atomic E-state index is 11.4. The van der Waals surface area contributed by atoms with Gasteiger partial charge < -0.3 is 30.0 Å². The quantitative estimate of drug-likeness (QED) is 0.267. The van der Waals surface area contributed by atoms with E-state index in [0.717, 1.165) is 61.4 Å². The number of carbonyl (C=O) groups is 1. The predicted octanol–water partition coefficient (Wildman–Crippen LogP) is 4.53. The van der Waals surface area contributed by atoms with Crippen LogP contribution in [0.2, 0.25) is 5.02 Å². The molecule has 1 aliphatic rings. The molecule has 0 radical (unpaired) electrons. The minimum Gasteiger partial charge on any atom is -0.497 e. The van der Waals surface area contributed by atoms with Gasteiger partial charge in [-0.3, -0.25) is 4.79 Å². The molecule has 9 nitrogen and oxygen atoms in total. The number of methoxy groups -OCH3 is 1. The van der Waals surface area contributed by atoms with Gasteiger partial charge in [0.15, 0.2) is 12.3 Å². The molecule has 0 aliphatic carbocycles. The van der Waals surface area contributed by atoms with Gasteiger partial charge in [-0.15, -0.1) is 0 Å². The third-order valence-electron chi connectivity index (χ3n) is 7.06. The van der Waals surface area contributed by atoms with E-state index in [1.165, 1.54) is 5.56 Å². The number of ether oxygens (including phenoxy) is 2. The molecule has 1 amide bonds. The number of hydrogen-bond donors (Lipinski definition) is 3. The molecule has 0 unspecified atom stereocenters. The van der Waals surface area contributed by atoms with E-state index in [1.54, 1.807) is 20.4 Å². The summed E-state index contributed by atoms with van der Waals surface area (Å²) in [7, 11) is 3.27. The molecule has 0 saturated carbocycles. The van der Waals surface area contributed by atoms with Gasteiger partial charge >= 0.3 is 0 Å². The van der Waals surface area contributed by atoms with E-state index in [1.807, 2.05) is 36.4 Å². The number of hydrogen-bond acceptors (Lipinski definition) is 7. The summed E-state index contributed by atoms with van der Waals surface area (Å²) in [5.74, 6) is 2.01. The van der Waals surface area contributed by atoms with Crippen molar-refractivity contribution >= 4 is 34.4 Å². The number of rotatable bonds is 10. The highest BCUT2D eigenvalue weighted by molar-refractivity contribution is 6.34. The van der Waals surface area contributed by atoms with Crippen molar-refractivity contribution in [2.24, 2.45) is 0 Å². The van der Waals surface area contributed by atoms with Gasteiger partial charge in [-0.05, 0) is 61.2 Å². The standard InChI is InChI=1S/C29H33ClN6O3/c1-31-25(37)18-39-23-9-5-20(6-10-23)28-34-27-26(24(30)17-32-29(27)35-28)33-21-12-15-36(16-13-21)14-11-19-3-7-22(38-2)8-4-19/h3-10,17,21H,11-16,18H2,1-2H3,(H,31,37)(H2,32,33,34,35). The van der Waals surface area contributed by atoms with Crippen molar-refractivity contribution < 1.29 is 14.3 Å². The molecule has 0 bridgehead atoms. The molecule has 1 saturated heterocycles. The van der Waals surface area contributed by atoms with E-state index in [0.29, 0.717) is 28.3 Å². The molecule has 10 heteroatoms. The van der Waals surface area contributed by atoms with Crippen molar-refractivity contribution in [2.75, 3.05) is 45.7 Å². The predicted molar refractivity (Wildman–Crippen MR) is 154 cm³/mol. The number of imidazole rings is 1. The number of amides is 1. The molecule has 3 heterocycles. The number of anilines is 1. The summed E-state index contributed by atoms with van der Waals surface area (Å²) in [6.07, 6.45) is 4.74. The Morgan fingerprint density at radius 2 is 1.82 bits per heavy atom. The third-order valence-corrected chi connectivity index (χ3v) is 7.34.